The second-order valence-electron chi connectivity index (χ2n) is 20.4. The molecule has 65 heavy (non-hydrogen) atoms. The molecule has 0 aliphatic carbocycles. The fourth-order valence-electron chi connectivity index (χ4n) is 7.55. The van der Waals surface area contributed by atoms with Gasteiger partial charge in [-0.2, -0.15) is 29.9 Å². The van der Waals surface area contributed by atoms with E-state index in [9.17, 15) is 0 Å². The van der Waals surface area contributed by atoms with Crippen molar-refractivity contribution in [1.82, 2.24) is 58.6 Å². The second-order valence-corrected chi connectivity index (χ2v) is 20.4. The van der Waals surface area contributed by atoms with Crippen LogP contribution in [0.25, 0.3) is 33.5 Å². The van der Waals surface area contributed by atoms with Crippen LogP contribution >= 0.6 is 0 Å². The van der Waals surface area contributed by atoms with E-state index < -0.39 is 0 Å². The van der Waals surface area contributed by atoms with Crippen LogP contribution in [-0.4, -0.2) is 137 Å². The Balaban J connectivity index is 0.000000145. The van der Waals surface area contributed by atoms with E-state index in [2.05, 4.69) is 139 Å². The van der Waals surface area contributed by atoms with Crippen molar-refractivity contribution in [2.75, 3.05) is 111 Å². The number of imidazole rings is 3. The largest absolute Gasteiger partial charge is 0.382 e. The normalized spacial score (nSPS) is 17.5. The van der Waals surface area contributed by atoms with Crippen LogP contribution in [0, 0.1) is 16.2 Å². The molecule has 0 radical (unpaired) electrons. The molecule has 0 aromatic carbocycles. The molecule has 0 bridgehead atoms. The Kier molecular flexibility index (Phi) is 13.9. The number of nitrogens with two attached hydrogens (primary N) is 3. The molecule has 6 aromatic heterocycles. The molecule has 0 amide bonds. The summed E-state index contributed by atoms with van der Waals surface area (Å²) in [4.78, 5) is 46.9. The maximum absolute atomic E-state index is 6.10. The van der Waals surface area contributed by atoms with Gasteiger partial charge in [0.2, 0.25) is 17.8 Å². The number of hydrogen-bond acceptors (Lipinski definition) is 18. The van der Waals surface area contributed by atoms with Crippen molar-refractivity contribution in [3.8, 4) is 0 Å². The van der Waals surface area contributed by atoms with Crippen LogP contribution < -0.4 is 31.9 Å². The number of ether oxygens (including phenoxy) is 3. The lowest BCUT2D eigenvalue weighted by Gasteiger charge is -2.29. The van der Waals surface area contributed by atoms with Crippen molar-refractivity contribution in [3.63, 3.8) is 0 Å². The van der Waals surface area contributed by atoms with Gasteiger partial charge in [0.1, 0.15) is 16.6 Å². The fraction of sp³-hybridized carbons (Fsp3) is 0.659. The monoisotopic (exact) mass is 899 g/mol. The van der Waals surface area contributed by atoms with Crippen LogP contribution in [0.5, 0.6) is 0 Å². The third kappa shape index (κ3) is 10.9. The summed E-state index contributed by atoms with van der Waals surface area (Å²) < 4.78 is 22.4. The van der Waals surface area contributed by atoms with Gasteiger partial charge in [-0.1, -0.05) is 62.3 Å². The Hall–Kier alpha value is -5.67. The molecule has 2 atom stereocenters. The van der Waals surface area contributed by atoms with Crippen molar-refractivity contribution in [1.29, 1.82) is 0 Å². The van der Waals surface area contributed by atoms with Crippen LogP contribution in [0.2, 0.25) is 0 Å². The molecule has 354 valence electrons. The Bertz CT molecular complexity index is 2410. The SMILES string of the molecule is CC(C)(C)Cn1cnc2c(N)nc(N3CCOCC3)nc21.C[C@@H](n1cnc2c(N)nc(N3CCOCC3)nc21)C(C)(C)C.C[C@H](n1cnc2c(N)nc(N3CCOCC3)nc21)C(C)(C)C. The van der Waals surface area contributed by atoms with E-state index in [0.717, 1.165) is 62.8 Å². The van der Waals surface area contributed by atoms with E-state index in [1.807, 2.05) is 12.7 Å². The van der Waals surface area contributed by atoms with E-state index in [1.54, 1.807) is 6.33 Å². The van der Waals surface area contributed by atoms with Gasteiger partial charge in [-0.25, -0.2) is 15.0 Å². The predicted molar refractivity (Wildman–Crippen MR) is 256 cm³/mol. The highest BCUT2D eigenvalue weighted by Crippen LogP contribution is 2.35. The standard InChI is InChI=1S/2C15H24N6O.C14H22N6O/c2*1-10(15(2,3)4)21-9-17-11-12(16)18-14(19-13(11)21)20-5-7-22-8-6-20;1-14(2,3)8-20-9-16-10-11(15)17-13(18-12(10)20)19-4-6-21-7-5-19/h2*9-10H,5-8H2,1-4H3,(H2,16,18,19);9H,4-8H2,1-3H3,(H2,15,17,18)/t2*10-;/m10./s1. The van der Waals surface area contributed by atoms with Gasteiger partial charge >= 0.3 is 0 Å². The summed E-state index contributed by atoms with van der Waals surface area (Å²) in [5, 5.41) is 0. The summed E-state index contributed by atoms with van der Waals surface area (Å²) in [6.45, 7) is 33.9. The van der Waals surface area contributed by atoms with Crippen LogP contribution in [0.3, 0.4) is 0 Å². The average Bonchev–Trinajstić information content (AvgIpc) is 4.01. The van der Waals surface area contributed by atoms with Gasteiger partial charge < -0.3 is 59.8 Å². The number of nitrogens with zero attached hydrogens (tertiary/aromatic N) is 15. The molecule has 0 unspecified atom stereocenters. The number of anilines is 6. The predicted octanol–water partition coefficient (Wildman–Crippen LogP) is 5.00. The molecular weight excluding hydrogens is 829 g/mol. The molecule has 21 nitrogen and oxygen atoms in total. The molecule has 6 N–H and O–H groups in total. The summed E-state index contributed by atoms with van der Waals surface area (Å²) in [6.07, 6.45) is 5.42. The van der Waals surface area contributed by atoms with Gasteiger partial charge in [-0.05, 0) is 30.1 Å². The molecule has 9 rings (SSSR count). The summed E-state index contributed by atoms with van der Waals surface area (Å²) in [5.41, 5.74) is 23.0. The zero-order chi connectivity index (χ0) is 46.8. The molecule has 21 heteroatoms. The molecule has 9 heterocycles. The first-order valence-electron chi connectivity index (χ1n) is 22.7. The number of morpholine rings is 3. The summed E-state index contributed by atoms with van der Waals surface area (Å²) >= 11 is 0. The number of rotatable bonds is 6. The molecule has 0 spiro atoms. The Morgan fingerprint density at radius 3 is 1.11 bits per heavy atom. The van der Waals surface area contributed by atoms with E-state index in [0.29, 0.717) is 91.5 Å². The minimum Gasteiger partial charge on any atom is -0.382 e. The van der Waals surface area contributed by atoms with Crippen molar-refractivity contribution < 1.29 is 14.2 Å². The molecule has 6 aromatic rings. The van der Waals surface area contributed by atoms with Crippen molar-refractivity contribution in [3.05, 3.63) is 19.0 Å². The van der Waals surface area contributed by atoms with E-state index in [4.69, 9.17) is 41.4 Å². The summed E-state index contributed by atoms with van der Waals surface area (Å²) in [5.74, 6) is 3.30. The average molecular weight is 899 g/mol. The van der Waals surface area contributed by atoms with Gasteiger partial charge in [-0.3, -0.25) is 0 Å². The summed E-state index contributed by atoms with van der Waals surface area (Å²) in [6, 6.07) is 0.508. The lowest BCUT2D eigenvalue weighted by Crippen LogP contribution is -2.37. The van der Waals surface area contributed by atoms with E-state index in [1.165, 1.54) is 0 Å². The highest BCUT2D eigenvalue weighted by atomic mass is 16.5. The molecule has 3 aliphatic heterocycles. The lowest BCUT2D eigenvalue weighted by molar-refractivity contribution is 0.122. The Labute approximate surface area is 381 Å². The maximum Gasteiger partial charge on any atom is 0.229 e. The van der Waals surface area contributed by atoms with Crippen molar-refractivity contribution in [2.45, 2.75) is 94.8 Å². The molecule has 3 fully saturated rings. The summed E-state index contributed by atoms with van der Waals surface area (Å²) in [7, 11) is 0. The quantitative estimate of drug-likeness (QED) is 0.199. The number of hydrogen-bond donors (Lipinski definition) is 3. The first kappa shape index (κ1) is 47.3. The second kappa shape index (κ2) is 19.0. The first-order chi connectivity index (χ1) is 30.7. The van der Waals surface area contributed by atoms with Gasteiger partial charge in [0.25, 0.3) is 0 Å². The van der Waals surface area contributed by atoms with Gasteiger partial charge in [0, 0.05) is 57.9 Å². The maximum atomic E-state index is 6.10. The molecular formula is C44H70N18O3. The molecule has 3 saturated heterocycles. The van der Waals surface area contributed by atoms with E-state index in [-0.39, 0.29) is 28.3 Å². The smallest absolute Gasteiger partial charge is 0.229 e. The van der Waals surface area contributed by atoms with Crippen LogP contribution in [0.15, 0.2) is 19.0 Å². The van der Waals surface area contributed by atoms with Gasteiger partial charge in [0.15, 0.2) is 34.4 Å². The zero-order valence-corrected chi connectivity index (χ0v) is 40.2. The Morgan fingerprint density at radius 2 is 0.785 bits per heavy atom. The van der Waals surface area contributed by atoms with Gasteiger partial charge in [0.05, 0.1) is 58.6 Å². The van der Waals surface area contributed by atoms with Crippen LogP contribution in [-0.2, 0) is 20.8 Å². The lowest BCUT2D eigenvalue weighted by atomic mass is 9.88. The van der Waals surface area contributed by atoms with Crippen molar-refractivity contribution >= 4 is 68.8 Å². The van der Waals surface area contributed by atoms with Crippen LogP contribution in [0.4, 0.5) is 35.3 Å². The minimum absolute atomic E-state index is 0.104. The molecule has 3 aliphatic rings. The van der Waals surface area contributed by atoms with Gasteiger partial charge in [-0.15, -0.1) is 0 Å². The molecule has 0 saturated carbocycles. The first-order valence-corrected chi connectivity index (χ1v) is 22.7. The fourth-order valence-corrected chi connectivity index (χ4v) is 7.55. The number of aromatic nitrogens is 12. The zero-order valence-electron chi connectivity index (χ0n) is 40.2. The van der Waals surface area contributed by atoms with E-state index >= 15 is 0 Å². The number of fused-ring (bicyclic) bond motifs is 3. The highest BCUT2D eigenvalue weighted by Gasteiger charge is 2.28. The Morgan fingerprint density at radius 1 is 0.477 bits per heavy atom. The van der Waals surface area contributed by atoms with Crippen LogP contribution in [0.1, 0.15) is 88.2 Å². The third-order valence-corrected chi connectivity index (χ3v) is 12.2. The highest BCUT2D eigenvalue weighted by molar-refractivity contribution is 5.84. The van der Waals surface area contributed by atoms with Crippen molar-refractivity contribution in [2.24, 2.45) is 16.2 Å². The number of nitrogen functional groups attached to an aromatic ring is 3. The third-order valence-electron chi connectivity index (χ3n) is 12.2. The topological polar surface area (TPSA) is 246 Å². The minimum atomic E-state index is 0.104.